The quantitative estimate of drug-likeness (QED) is 0.901. The number of nitrogens with one attached hydrogen (secondary N) is 1. The van der Waals surface area contributed by atoms with Crippen molar-refractivity contribution in [3.8, 4) is 0 Å². The monoisotopic (exact) mass is 327 g/mol. The van der Waals surface area contributed by atoms with Crippen LogP contribution in [0.15, 0.2) is 30.3 Å². The summed E-state index contributed by atoms with van der Waals surface area (Å²) < 4.78 is 0. The predicted molar refractivity (Wildman–Crippen MR) is 95.6 cm³/mol. The van der Waals surface area contributed by atoms with Gasteiger partial charge in [0.05, 0.1) is 5.92 Å². The second kappa shape index (κ2) is 7.24. The summed E-state index contributed by atoms with van der Waals surface area (Å²) in [6.07, 6.45) is 6.01. The van der Waals surface area contributed by atoms with Crippen molar-refractivity contribution in [3.05, 3.63) is 35.9 Å². The Labute approximate surface area is 145 Å². The molecular weight excluding hydrogens is 298 g/mol. The highest BCUT2D eigenvalue weighted by Gasteiger charge is 2.35. The van der Waals surface area contributed by atoms with Gasteiger partial charge in [0.2, 0.25) is 5.91 Å². The van der Waals surface area contributed by atoms with Crippen LogP contribution in [0.25, 0.3) is 0 Å². The van der Waals surface area contributed by atoms with E-state index in [4.69, 9.17) is 0 Å². The van der Waals surface area contributed by atoms with Gasteiger partial charge in [-0.3, -0.25) is 14.6 Å². The molecular formula is C20H29N3O. The number of amides is 1. The third-order valence-electron chi connectivity index (χ3n) is 5.75. The summed E-state index contributed by atoms with van der Waals surface area (Å²) in [5, 5.41) is 3.34. The molecule has 3 fully saturated rings. The number of nitrogens with zero attached hydrogens (tertiary/aromatic N) is 2. The molecule has 2 aliphatic heterocycles. The first kappa shape index (κ1) is 16.1. The van der Waals surface area contributed by atoms with Crippen LogP contribution < -0.4 is 5.32 Å². The maximum Gasteiger partial charge on any atom is 0.224 e. The van der Waals surface area contributed by atoms with Gasteiger partial charge in [0.15, 0.2) is 0 Å². The Bertz CT molecular complexity index is 557. The molecule has 1 aliphatic carbocycles. The molecule has 130 valence electrons. The van der Waals surface area contributed by atoms with Crippen LogP contribution in [0.2, 0.25) is 0 Å². The van der Waals surface area contributed by atoms with Crippen molar-refractivity contribution >= 4 is 5.91 Å². The zero-order valence-electron chi connectivity index (χ0n) is 14.5. The van der Waals surface area contributed by atoms with Crippen molar-refractivity contribution in [2.45, 2.75) is 50.7 Å². The fraction of sp³-hybridized carbons (Fsp3) is 0.650. The zero-order chi connectivity index (χ0) is 16.4. The maximum atomic E-state index is 12.7. The Morgan fingerprint density at radius 2 is 1.88 bits per heavy atom. The predicted octanol–water partition coefficient (Wildman–Crippen LogP) is 2.25. The van der Waals surface area contributed by atoms with E-state index in [1.54, 1.807) is 0 Å². The molecule has 0 aromatic heterocycles. The molecule has 1 amide bonds. The minimum Gasteiger partial charge on any atom is -0.352 e. The van der Waals surface area contributed by atoms with Crippen LogP contribution in [0.1, 0.15) is 37.7 Å². The summed E-state index contributed by atoms with van der Waals surface area (Å²) in [5.74, 6) is 0.452. The van der Waals surface area contributed by atoms with E-state index in [1.165, 1.54) is 24.9 Å². The molecule has 2 saturated heterocycles. The van der Waals surface area contributed by atoms with E-state index in [2.05, 4.69) is 45.4 Å². The normalized spacial score (nSPS) is 28.8. The lowest BCUT2D eigenvalue weighted by atomic mass is 9.96. The fourth-order valence-electron chi connectivity index (χ4n) is 4.25. The van der Waals surface area contributed by atoms with Crippen molar-refractivity contribution in [2.75, 3.05) is 26.2 Å². The summed E-state index contributed by atoms with van der Waals surface area (Å²) in [4.78, 5) is 17.7. The lowest BCUT2D eigenvalue weighted by Gasteiger charge is -2.32. The SMILES string of the molecule is O=C(N[C@@H]1CCN(C2CC2)C1)[C@@H]1CCCN(Cc2ccccc2)C1. The van der Waals surface area contributed by atoms with Crippen LogP contribution in [-0.2, 0) is 11.3 Å². The van der Waals surface area contributed by atoms with Gasteiger partial charge in [-0.15, -0.1) is 0 Å². The molecule has 3 aliphatic rings. The van der Waals surface area contributed by atoms with Gasteiger partial charge in [-0.05, 0) is 44.2 Å². The first-order valence-electron chi connectivity index (χ1n) is 9.58. The summed E-state index contributed by atoms with van der Waals surface area (Å²) in [7, 11) is 0. The zero-order valence-corrected chi connectivity index (χ0v) is 14.5. The van der Waals surface area contributed by atoms with Gasteiger partial charge in [-0.25, -0.2) is 0 Å². The standard InChI is InChI=1S/C20H29N3O/c24-20(21-18-10-12-23(15-18)19-8-9-19)17-7-4-11-22(14-17)13-16-5-2-1-3-6-16/h1-3,5-6,17-19H,4,7-15H2,(H,21,24)/t17-,18-/m1/s1. The fourth-order valence-corrected chi connectivity index (χ4v) is 4.25. The molecule has 24 heavy (non-hydrogen) atoms. The van der Waals surface area contributed by atoms with E-state index in [9.17, 15) is 4.79 Å². The van der Waals surface area contributed by atoms with Crippen molar-refractivity contribution in [3.63, 3.8) is 0 Å². The Kier molecular flexibility index (Phi) is 4.86. The molecule has 1 aromatic carbocycles. The molecule has 2 heterocycles. The van der Waals surface area contributed by atoms with E-state index in [0.717, 1.165) is 51.5 Å². The van der Waals surface area contributed by atoms with E-state index < -0.39 is 0 Å². The number of benzene rings is 1. The molecule has 4 nitrogen and oxygen atoms in total. The van der Waals surface area contributed by atoms with Gasteiger partial charge in [0, 0.05) is 38.3 Å². The minimum absolute atomic E-state index is 0.164. The second-order valence-corrected chi connectivity index (χ2v) is 7.78. The summed E-state index contributed by atoms with van der Waals surface area (Å²) in [6, 6.07) is 11.8. The highest BCUT2D eigenvalue weighted by molar-refractivity contribution is 5.79. The van der Waals surface area contributed by atoms with Crippen LogP contribution in [0.5, 0.6) is 0 Å². The average molecular weight is 327 g/mol. The number of carbonyl (C=O) groups excluding carboxylic acids is 1. The summed E-state index contributed by atoms with van der Waals surface area (Å²) >= 11 is 0. The third kappa shape index (κ3) is 3.98. The topological polar surface area (TPSA) is 35.6 Å². The van der Waals surface area contributed by atoms with Crippen molar-refractivity contribution in [1.82, 2.24) is 15.1 Å². The van der Waals surface area contributed by atoms with E-state index in [1.807, 2.05) is 0 Å². The lowest BCUT2D eigenvalue weighted by molar-refractivity contribution is -0.127. The lowest BCUT2D eigenvalue weighted by Crippen LogP contribution is -2.46. The number of likely N-dealkylation sites (tertiary alicyclic amines) is 2. The van der Waals surface area contributed by atoms with Crippen LogP contribution in [-0.4, -0.2) is 54.0 Å². The van der Waals surface area contributed by atoms with Crippen LogP contribution in [0.3, 0.4) is 0 Å². The summed E-state index contributed by atoms with van der Waals surface area (Å²) in [6.45, 7) is 5.21. The molecule has 0 spiro atoms. The van der Waals surface area contributed by atoms with Crippen LogP contribution in [0.4, 0.5) is 0 Å². The van der Waals surface area contributed by atoms with Gasteiger partial charge in [-0.2, -0.15) is 0 Å². The highest BCUT2D eigenvalue weighted by atomic mass is 16.2. The van der Waals surface area contributed by atoms with Crippen LogP contribution >= 0.6 is 0 Å². The van der Waals surface area contributed by atoms with E-state index >= 15 is 0 Å². The van der Waals surface area contributed by atoms with Crippen molar-refractivity contribution in [1.29, 1.82) is 0 Å². The number of hydrogen-bond donors (Lipinski definition) is 1. The van der Waals surface area contributed by atoms with Gasteiger partial charge in [-0.1, -0.05) is 30.3 Å². The van der Waals surface area contributed by atoms with E-state index in [-0.39, 0.29) is 11.8 Å². The second-order valence-electron chi connectivity index (χ2n) is 7.78. The van der Waals surface area contributed by atoms with Crippen molar-refractivity contribution in [2.24, 2.45) is 5.92 Å². The molecule has 0 radical (unpaired) electrons. The maximum absolute atomic E-state index is 12.7. The number of rotatable bonds is 5. The van der Waals surface area contributed by atoms with Crippen molar-refractivity contribution < 1.29 is 4.79 Å². The number of piperidine rings is 1. The van der Waals surface area contributed by atoms with Gasteiger partial charge in [0.1, 0.15) is 0 Å². The smallest absolute Gasteiger partial charge is 0.224 e. The van der Waals surface area contributed by atoms with Gasteiger partial charge < -0.3 is 5.32 Å². The largest absolute Gasteiger partial charge is 0.352 e. The molecule has 0 bridgehead atoms. The van der Waals surface area contributed by atoms with Gasteiger partial charge in [0.25, 0.3) is 0 Å². The van der Waals surface area contributed by atoms with Crippen LogP contribution in [0, 0.1) is 5.92 Å². The average Bonchev–Trinajstić information content (AvgIpc) is 3.36. The number of hydrogen-bond acceptors (Lipinski definition) is 3. The third-order valence-corrected chi connectivity index (χ3v) is 5.75. The van der Waals surface area contributed by atoms with Gasteiger partial charge >= 0.3 is 0 Å². The Morgan fingerprint density at radius 3 is 2.67 bits per heavy atom. The molecule has 4 heteroatoms. The van der Waals surface area contributed by atoms with E-state index in [0.29, 0.717) is 6.04 Å². The Morgan fingerprint density at radius 1 is 1.04 bits per heavy atom. The molecule has 1 aromatic rings. The number of carbonyl (C=O) groups is 1. The molecule has 4 rings (SSSR count). The first-order chi connectivity index (χ1) is 11.8. The Hall–Kier alpha value is -1.39. The minimum atomic E-state index is 0.164. The summed E-state index contributed by atoms with van der Waals surface area (Å²) in [5.41, 5.74) is 1.34. The molecule has 0 unspecified atom stereocenters. The highest BCUT2D eigenvalue weighted by Crippen LogP contribution is 2.30. The molecule has 1 N–H and O–H groups in total. The first-order valence-corrected chi connectivity index (χ1v) is 9.58. The molecule has 2 atom stereocenters. The Balaban J connectivity index is 1.26. The molecule has 1 saturated carbocycles.